The lowest BCUT2D eigenvalue weighted by Crippen LogP contribution is -2.32. The van der Waals surface area contributed by atoms with Crippen LogP contribution in [0.4, 0.5) is 0 Å². The molecule has 2 atom stereocenters. The minimum atomic E-state index is -0.189. The number of rotatable bonds is 2. The van der Waals surface area contributed by atoms with Gasteiger partial charge in [0.2, 0.25) is 0 Å². The first-order chi connectivity index (χ1) is 9.41. The number of carbonyl (C=O) groups excluding carboxylic acids is 1. The molecule has 1 aromatic carbocycles. The second-order valence-electron chi connectivity index (χ2n) is 6.82. The number of Topliss-reactive ketones (excluding diaryl/α,β-unsaturated/α-hetero) is 1. The molecule has 2 aliphatic carbocycles. The maximum absolute atomic E-state index is 12.8. The first kappa shape index (κ1) is 13.4. The van der Waals surface area contributed by atoms with Crippen molar-refractivity contribution in [3.8, 4) is 5.75 Å². The average Bonchev–Trinajstić information content (AvgIpc) is 2.74. The standard InChI is InChI=1S/C18H22O2/c1-17(2)14-9-10-18(17,3)16(19)13(14)11-12-7-5-6-8-15(12)20-4/h5-8,11,14H,9-10H2,1-4H3. The van der Waals surface area contributed by atoms with Crippen LogP contribution < -0.4 is 4.74 Å². The highest BCUT2D eigenvalue weighted by Crippen LogP contribution is 2.65. The van der Waals surface area contributed by atoms with Crippen molar-refractivity contribution >= 4 is 11.9 Å². The lowest BCUT2D eigenvalue weighted by molar-refractivity contribution is -0.125. The molecule has 2 unspecified atom stereocenters. The normalized spacial score (nSPS) is 32.9. The van der Waals surface area contributed by atoms with Crippen LogP contribution in [0.2, 0.25) is 0 Å². The van der Waals surface area contributed by atoms with E-state index in [0.717, 1.165) is 29.7 Å². The van der Waals surface area contributed by atoms with E-state index in [9.17, 15) is 4.79 Å². The van der Waals surface area contributed by atoms with E-state index < -0.39 is 0 Å². The van der Waals surface area contributed by atoms with Crippen molar-refractivity contribution in [3.63, 3.8) is 0 Å². The van der Waals surface area contributed by atoms with Crippen LogP contribution in [-0.4, -0.2) is 12.9 Å². The molecular weight excluding hydrogens is 248 g/mol. The smallest absolute Gasteiger partial charge is 0.165 e. The second kappa shape index (κ2) is 4.21. The molecule has 2 aliphatic rings. The van der Waals surface area contributed by atoms with E-state index in [2.05, 4.69) is 26.8 Å². The predicted molar refractivity (Wildman–Crippen MR) is 80.6 cm³/mol. The monoisotopic (exact) mass is 270 g/mol. The van der Waals surface area contributed by atoms with Crippen molar-refractivity contribution in [1.29, 1.82) is 0 Å². The fourth-order valence-electron chi connectivity index (χ4n) is 4.05. The number of carbonyl (C=O) groups is 1. The molecule has 2 saturated carbocycles. The second-order valence-corrected chi connectivity index (χ2v) is 6.82. The maximum atomic E-state index is 12.8. The van der Waals surface area contributed by atoms with Gasteiger partial charge in [0.05, 0.1) is 7.11 Å². The van der Waals surface area contributed by atoms with Crippen LogP contribution in [0.15, 0.2) is 29.8 Å². The van der Waals surface area contributed by atoms with Crippen LogP contribution in [0.25, 0.3) is 6.08 Å². The molecule has 106 valence electrons. The average molecular weight is 270 g/mol. The molecular formula is C18H22O2. The summed E-state index contributed by atoms with van der Waals surface area (Å²) in [5.41, 5.74) is 1.88. The molecule has 2 nitrogen and oxygen atoms in total. The van der Waals surface area contributed by atoms with E-state index in [0.29, 0.717) is 11.7 Å². The Labute approximate surface area is 120 Å². The Balaban J connectivity index is 2.08. The van der Waals surface area contributed by atoms with E-state index in [1.54, 1.807) is 7.11 Å². The molecule has 0 aliphatic heterocycles. The van der Waals surface area contributed by atoms with Gasteiger partial charge in [-0.15, -0.1) is 0 Å². The molecule has 0 saturated heterocycles. The zero-order valence-corrected chi connectivity index (χ0v) is 12.7. The summed E-state index contributed by atoms with van der Waals surface area (Å²) in [6, 6.07) is 7.89. The van der Waals surface area contributed by atoms with Gasteiger partial charge in [0.25, 0.3) is 0 Å². The summed E-state index contributed by atoms with van der Waals surface area (Å²) in [5.74, 6) is 1.55. The highest BCUT2D eigenvalue weighted by molar-refractivity contribution is 6.08. The van der Waals surface area contributed by atoms with E-state index >= 15 is 0 Å². The van der Waals surface area contributed by atoms with Gasteiger partial charge in [-0.25, -0.2) is 0 Å². The Hall–Kier alpha value is -1.57. The maximum Gasteiger partial charge on any atom is 0.165 e. The van der Waals surface area contributed by atoms with Crippen molar-refractivity contribution in [3.05, 3.63) is 35.4 Å². The fraction of sp³-hybridized carbons (Fsp3) is 0.500. The quantitative estimate of drug-likeness (QED) is 0.756. The first-order valence-electron chi connectivity index (χ1n) is 7.31. The summed E-state index contributed by atoms with van der Waals surface area (Å²) in [7, 11) is 1.67. The van der Waals surface area contributed by atoms with Crippen molar-refractivity contribution in [2.24, 2.45) is 16.7 Å². The van der Waals surface area contributed by atoms with Crippen LogP contribution in [-0.2, 0) is 4.79 Å². The van der Waals surface area contributed by atoms with Crippen LogP contribution in [0.1, 0.15) is 39.2 Å². The van der Waals surface area contributed by atoms with Gasteiger partial charge >= 0.3 is 0 Å². The Morgan fingerprint density at radius 2 is 1.95 bits per heavy atom. The largest absolute Gasteiger partial charge is 0.496 e. The molecule has 1 aromatic rings. The van der Waals surface area contributed by atoms with Gasteiger partial charge in [-0.1, -0.05) is 39.0 Å². The lowest BCUT2D eigenvalue weighted by Gasteiger charge is -2.31. The SMILES string of the molecule is COc1ccccc1C=C1C(=O)C2(C)CCC1C2(C)C. The van der Waals surface area contributed by atoms with Gasteiger partial charge in [-0.05, 0) is 36.3 Å². The van der Waals surface area contributed by atoms with Gasteiger partial charge in [0.15, 0.2) is 5.78 Å². The summed E-state index contributed by atoms with van der Waals surface area (Å²) in [4.78, 5) is 12.8. The van der Waals surface area contributed by atoms with Crippen LogP contribution >= 0.6 is 0 Å². The molecule has 3 rings (SSSR count). The van der Waals surface area contributed by atoms with E-state index in [1.165, 1.54) is 0 Å². The minimum absolute atomic E-state index is 0.0674. The number of benzene rings is 1. The molecule has 2 heteroatoms. The van der Waals surface area contributed by atoms with Gasteiger partial charge in [-0.2, -0.15) is 0 Å². The van der Waals surface area contributed by atoms with E-state index in [4.69, 9.17) is 4.74 Å². The number of allylic oxidation sites excluding steroid dienone is 1. The van der Waals surface area contributed by atoms with Crippen molar-refractivity contribution < 1.29 is 9.53 Å². The molecule has 2 fully saturated rings. The molecule has 0 heterocycles. The van der Waals surface area contributed by atoms with Gasteiger partial charge in [0, 0.05) is 16.6 Å². The molecule has 2 bridgehead atoms. The number of methoxy groups -OCH3 is 1. The Morgan fingerprint density at radius 1 is 1.25 bits per heavy atom. The van der Waals surface area contributed by atoms with E-state index in [-0.39, 0.29) is 10.8 Å². The van der Waals surface area contributed by atoms with Gasteiger partial charge < -0.3 is 4.74 Å². The van der Waals surface area contributed by atoms with Crippen molar-refractivity contribution in [2.75, 3.05) is 7.11 Å². The predicted octanol–water partition coefficient (Wildman–Crippen LogP) is 4.10. The first-order valence-corrected chi connectivity index (χ1v) is 7.31. The van der Waals surface area contributed by atoms with Gasteiger partial charge in [0.1, 0.15) is 5.75 Å². The molecule has 0 N–H and O–H groups in total. The summed E-state index contributed by atoms with van der Waals surface area (Å²) in [6.07, 6.45) is 4.20. The molecule has 20 heavy (non-hydrogen) atoms. The number of para-hydroxylation sites is 1. The fourth-order valence-corrected chi connectivity index (χ4v) is 4.05. The van der Waals surface area contributed by atoms with Crippen LogP contribution in [0.5, 0.6) is 5.75 Å². The number of ketones is 1. The number of ether oxygens (including phenoxy) is 1. The highest BCUT2D eigenvalue weighted by atomic mass is 16.5. The molecule has 0 amide bonds. The van der Waals surface area contributed by atoms with Crippen LogP contribution in [0, 0.1) is 16.7 Å². The third-order valence-electron chi connectivity index (χ3n) is 5.81. The van der Waals surface area contributed by atoms with Crippen molar-refractivity contribution in [1.82, 2.24) is 0 Å². The zero-order valence-electron chi connectivity index (χ0n) is 12.7. The zero-order chi connectivity index (χ0) is 14.5. The van der Waals surface area contributed by atoms with Crippen LogP contribution in [0.3, 0.4) is 0 Å². The number of hydrogen-bond acceptors (Lipinski definition) is 2. The van der Waals surface area contributed by atoms with Gasteiger partial charge in [-0.3, -0.25) is 4.79 Å². The summed E-state index contributed by atoms with van der Waals surface area (Å²) in [5, 5.41) is 0. The lowest BCUT2D eigenvalue weighted by atomic mass is 9.70. The highest BCUT2D eigenvalue weighted by Gasteiger charge is 2.63. The third kappa shape index (κ3) is 1.54. The Kier molecular flexibility index (Phi) is 2.82. The third-order valence-corrected chi connectivity index (χ3v) is 5.81. The Bertz CT molecular complexity index is 597. The topological polar surface area (TPSA) is 26.3 Å². The molecule has 0 radical (unpaired) electrons. The summed E-state index contributed by atoms with van der Waals surface area (Å²) in [6.45, 7) is 6.62. The van der Waals surface area contributed by atoms with Crippen molar-refractivity contribution in [2.45, 2.75) is 33.6 Å². The molecule has 0 spiro atoms. The number of hydrogen-bond donors (Lipinski definition) is 0. The van der Waals surface area contributed by atoms with E-state index in [1.807, 2.05) is 24.3 Å². The Morgan fingerprint density at radius 3 is 2.55 bits per heavy atom. The minimum Gasteiger partial charge on any atom is -0.496 e. The summed E-state index contributed by atoms with van der Waals surface area (Å²) < 4.78 is 5.39. The molecule has 0 aromatic heterocycles. The number of fused-ring (bicyclic) bond motifs is 2. The summed E-state index contributed by atoms with van der Waals surface area (Å²) >= 11 is 0.